The molecule has 7 nitrogen and oxygen atoms in total. The van der Waals surface area contributed by atoms with Crippen LogP contribution in [0.1, 0.15) is 22.5 Å². The number of amidine groups is 1. The first-order chi connectivity index (χ1) is 14.2. The van der Waals surface area contributed by atoms with Crippen molar-refractivity contribution >= 4 is 40.6 Å². The van der Waals surface area contributed by atoms with Gasteiger partial charge in [-0.3, -0.25) is 9.79 Å². The summed E-state index contributed by atoms with van der Waals surface area (Å²) in [6, 6.07) is 5.80. The van der Waals surface area contributed by atoms with E-state index in [1.165, 1.54) is 30.5 Å². The topological polar surface area (TPSA) is 98.8 Å². The van der Waals surface area contributed by atoms with Crippen molar-refractivity contribution in [2.75, 3.05) is 25.1 Å². The molecule has 1 amide bonds. The normalized spacial score (nSPS) is 22.5. The van der Waals surface area contributed by atoms with E-state index in [1.807, 2.05) is 0 Å². The lowest BCUT2D eigenvalue weighted by Crippen LogP contribution is -2.49. The van der Waals surface area contributed by atoms with E-state index in [1.54, 1.807) is 0 Å². The number of halogens is 4. The molecule has 3 N–H and O–H groups in total. The van der Waals surface area contributed by atoms with Gasteiger partial charge in [0.25, 0.3) is 11.8 Å². The van der Waals surface area contributed by atoms with Crippen molar-refractivity contribution in [3.05, 3.63) is 51.8 Å². The van der Waals surface area contributed by atoms with E-state index in [0.717, 1.165) is 0 Å². The second kappa shape index (κ2) is 7.64. The minimum atomic E-state index is -3.34. The number of nitrogens with one attached hydrogen (secondary N) is 1. The fourth-order valence-electron chi connectivity index (χ4n) is 3.53. The van der Waals surface area contributed by atoms with Crippen LogP contribution in [0.25, 0.3) is 0 Å². The Labute approximate surface area is 180 Å². The van der Waals surface area contributed by atoms with Crippen LogP contribution >= 0.6 is 23.2 Å². The molecule has 1 aromatic carbocycles. The van der Waals surface area contributed by atoms with Gasteiger partial charge in [0, 0.05) is 23.9 Å². The third-order valence-electron chi connectivity index (χ3n) is 4.90. The molecule has 158 valence electrons. The standard InChI is InChI=1S/C19H16Cl2F2N4O3/c20-10-5-13(21)16(25-7-10)17(28)26-11-1-2-14-12(6-11)18(3-4-30-14)19(22,23)9-29-8-15(24)27-18/h1-2,5-7H,3-4,8-9H2,(H2,24,27)(H,26,28)/t18-/m1/s1. The number of nitrogens with zero attached hydrogens (tertiary/aromatic N) is 2. The maximum Gasteiger partial charge on any atom is 0.299 e. The molecule has 2 aromatic rings. The highest BCUT2D eigenvalue weighted by molar-refractivity contribution is 6.36. The van der Waals surface area contributed by atoms with Crippen LogP contribution in [0.4, 0.5) is 14.5 Å². The summed E-state index contributed by atoms with van der Waals surface area (Å²) in [4.78, 5) is 20.6. The number of rotatable bonds is 2. The van der Waals surface area contributed by atoms with E-state index >= 15 is 8.78 Å². The molecule has 4 rings (SSSR count). The van der Waals surface area contributed by atoms with E-state index in [0.29, 0.717) is 0 Å². The zero-order valence-corrected chi connectivity index (χ0v) is 16.9. The zero-order valence-electron chi connectivity index (χ0n) is 15.4. The lowest BCUT2D eigenvalue weighted by atomic mass is 9.79. The van der Waals surface area contributed by atoms with Crippen molar-refractivity contribution in [1.29, 1.82) is 0 Å². The summed E-state index contributed by atoms with van der Waals surface area (Å²) in [5.41, 5.74) is 4.13. The number of carbonyl (C=O) groups excluding carboxylic acids is 1. The fraction of sp³-hybridized carbons (Fsp3) is 0.316. The molecule has 30 heavy (non-hydrogen) atoms. The average molecular weight is 457 g/mol. The van der Waals surface area contributed by atoms with Gasteiger partial charge in [0.2, 0.25) is 0 Å². The largest absolute Gasteiger partial charge is 0.493 e. The van der Waals surface area contributed by atoms with Crippen LogP contribution in [0.5, 0.6) is 5.75 Å². The van der Waals surface area contributed by atoms with E-state index in [4.69, 9.17) is 38.4 Å². The van der Waals surface area contributed by atoms with E-state index in [9.17, 15) is 4.79 Å². The van der Waals surface area contributed by atoms with Crippen molar-refractivity contribution in [2.24, 2.45) is 10.7 Å². The average Bonchev–Trinajstić information content (AvgIpc) is 2.78. The number of anilines is 1. The molecule has 0 saturated carbocycles. The summed E-state index contributed by atoms with van der Waals surface area (Å²) in [5, 5.41) is 2.94. The summed E-state index contributed by atoms with van der Waals surface area (Å²) in [7, 11) is 0. The summed E-state index contributed by atoms with van der Waals surface area (Å²) in [6.07, 6.45) is 1.18. The number of pyridine rings is 1. The van der Waals surface area contributed by atoms with E-state index < -0.39 is 24.0 Å². The minimum absolute atomic E-state index is 0.0355. The minimum Gasteiger partial charge on any atom is -0.493 e. The number of aromatic nitrogens is 1. The first-order valence-electron chi connectivity index (χ1n) is 8.91. The van der Waals surface area contributed by atoms with Gasteiger partial charge in [0.05, 0.1) is 16.7 Å². The Morgan fingerprint density at radius 1 is 1.27 bits per heavy atom. The molecule has 11 heteroatoms. The number of hydrogen-bond acceptors (Lipinski definition) is 6. The number of benzene rings is 1. The number of ether oxygens (including phenoxy) is 2. The number of hydrogen-bond donors (Lipinski definition) is 2. The summed E-state index contributed by atoms with van der Waals surface area (Å²) >= 11 is 11.8. The fourth-order valence-corrected chi connectivity index (χ4v) is 4.00. The van der Waals surface area contributed by atoms with Gasteiger partial charge in [-0.05, 0) is 24.3 Å². The molecule has 0 saturated heterocycles. The maximum absolute atomic E-state index is 15.1. The molecular formula is C19H16Cl2F2N4O3. The van der Waals surface area contributed by atoms with Crippen molar-refractivity contribution in [3.8, 4) is 5.75 Å². The summed E-state index contributed by atoms with van der Waals surface area (Å²) in [5.74, 6) is -3.76. The van der Waals surface area contributed by atoms with Crippen LogP contribution in [0.2, 0.25) is 10.0 Å². The number of fused-ring (bicyclic) bond motifs is 2. The van der Waals surface area contributed by atoms with Crippen LogP contribution in [0, 0.1) is 0 Å². The Balaban J connectivity index is 1.74. The van der Waals surface area contributed by atoms with E-state index in [2.05, 4.69) is 15.3 Å². The van der Waals surface area contributed by atoms with Gasteiger partial charge in [0.15, 0.2) is 5.54 Å². The van der Waals surface area contributed by atoms with Crippen LogP contribution in [0.15, 0.2) is 35.5 Å². The Bertz CT molecular complexity index is 1050. The third kappa shape index (κ3) is 3.57. The summed E-state index contributed by atoms with van der Waals surface area (Å²) < 4.78 is 40.8. The van der Waals surface area contributed by atoms with E-state index in [-0.39, 0.29) is 58.2 Å². The van der Waals surface area contributed by atoms with Crippen molar-refractivity contribution in [1.82, 2.24) is 4.98 Å². The molecule has 0 bridgehead atoms. The molecular weight excluding hydrogens is 441 g/mol. The quantitative estimate of drug-likeness (QED) is 0.718. The number of amides is 1. The van der Waals surface area contributed by atoms with Crippen LogP contribution < -0.4 is 15.8 Å². The maximum atomic E-state index is 15.1. The number of alkyl halides is 2. The second-order valence-electron chi connectivity index (χ2n) is 6.91. The molecule has 0 fully saturated rings. The van der Waals surface area contributed by atoms with Crippen molar-refractivity contribution in [2.45, 2.75) is 17.9 Å². The number of aliphatic imine (C=N–C) groups is 1. The second-order valence-corrected chi connectivity index (χ2v) is 7.75. The molecule has 0 unspecified atom stereocenters. The molecule has 0 aliphatic carbocycles. The van der Waals surface area contributed by atoms with Crippen LogP contribution in [-0.2, 0) is 10.3 Å². The molecule has 1 spiro atoms. The molecule has 2 aliphatic heterocycles. The molecule has 1 aromatic heterocycles. The molecule has 2 aliphatic rings. The van der Waals surface area contributed by atoms with Gasteiger partial charge in [-0.15, -0.1) is 0 Å². The Kier molecular flexibility index (Phi) is 5.29. The highest BCUT2D eigenvalue weighted by Crippen LogP contribution is 2.51. The molecule has 3 heterocycles. The van der Waals surface area contributed by atoms with Gasteiger partial charge in [-0.1, -0.05) is 23.2 Å². The molecule has 1 atom stereocenters. The Morgan fingerprint density at radius 2 is 2.07 bits per heavy atom. The van der Waals surface area contributed by atoms with Gasteiger partial charge in [0.1, 0.15) is 30.5 Å². The predicted molar refractivity (Wildman–Crippen MR) is 108 cm³/mol. The van der Waals surface area contributed by atoms with Crippen molar-refractivity contribution in [3.63, 3.8) is 0 Å². The first kappa shape index (κ1) is 20.8. The Morgan fingerprint density at radius 3 is 2.83 bits per heavy atom. The lowest BCUT2D eigenvalue weighted by molar-refractivity contribution is -0.129. The SMILES string of the molecule is NC1=N[C@@]2(CCOc3ccc(NC(=O)c4ncc(Cl)cc4Cl)cc32)C(F)(F)COC1. The predicted octanol–water partition coefficient (Wildman–Crippen LogP) is 3.64. The van der Waals surface area contributed by atoms with Crippen molar-refractivity contribution < 1.29 is 23.0 Å². The van der Waals surface area contributed by atoms with Crippen LogP contribution in [0.3, 0.4) is 0 Å². The zero-order chi connectivity index (χ0) is 21.5. The number of nitrogens with two attached hydrogens (primary N) is 1. The first-order valence-corrected chi connectivity index (χ1v) is 9.67. The van der Waals surface area contributed by atoms with Gasteiger partial charge < -0.3 is 20.5 Å². The smallest absolute Gasteiger partial charge is 0.299 e. The summed E-state index contributed by atoms with van der Waals surface area (Å²) in [6.45, 7) is -0.988. The monoisotopic (exact) mass is 456 g/mol. The van der Waals surface area contributed by atoms with Gasteiger partial charge in [-0.2, -0.15) is 0 Å². The lowest BCUT2D eigenvalue weighted by Gasteiger charge is -2.40. The molecule has 0 radical (unpaired) electrons. The third-order valence-corrected chi connectivity index (χ3v) is 5.39. The highest BCUT2D eigenvalue weighted by atomic mass is 35.5. The number of carbonyl (C=O) groups is 1. The van der Waals surface area contributed by atoms with Gasteiger partial charge >= 0.3 is 0 Å². The highest BCUT2D eigenvalue weighted by Gasteiger charge is 2.58. The van der Waals surface area contributed by atoms with Crippen LogP contribution in [-0.4, -0.2) is 42.5 Å². The van der Waals surface area contributed by atoms with Gasteiger partial charge in [-0.25, -0.2) is 13.8 Å². The Hall–Kier alpha value is -2.49.